The highest BCUT2D eigenvalue weighted by molar-refractivity contribution is 6.49. The Morgan fingerprint density at radius 2 is 1.72 bits per heavy atom. The topological polar surface area (TPSA) is 137 Å². The van der Waals surface area contributed by atoms with Gasteiger partial charge in [0.2, 0.25) is 5.96 Å². The predicted octanol–water partition coefficient (Wildman–Crippen LogP) is 3.06. The van der Waals surface area contributed by atoms with Gasteiger partial charge in [0.25, 0.3) is 5.91 Å². The number of nitrogens with two attached hydrogens (primary N) is 2. The molecule has 1 fully saturated rings. The maximum Gasteiger partial charge on any atom is 0.416 e. The molecule has 6 N–H and O–H groups in total. The van der Waals surface area contributed by atoms with Crippen molar-refractivity contribution in [3.05, 3.63) is 84.0 Å². The molecule has 1 saturated heterocycles. The van der Waals surface area contributed by atoms with Crippen molar-refractivity contribution in [2.45, 2.75) is 6.18 Å². The summed E-state index contributed by atoms with van der Waals surface area (Å²) in [6.45, 7) is 6.71. The monoisotopic (exact) mass is 539 g/mol. The van der Waals surface area contributed by atoms with Crippen molar-refractivity contribution < 1.29 is 18.0 Å². The number of likely N-dealkylation sites (N-methyl/N-ethyl adjacent to an activating group) is 1. The predicted molar refractivity (Wildman–Crippen MR) is 146 cm³/mol. The molecule has 4 rings (SSSR count). The number of alkyl halides is 3. The molecule has 0 radical (unpaired) electrons. The molecule has 204 valence electrons. The van der Waals surface area contributed by atoms with Crippen molar-refractivity contribution >= 4 is 34.8 Å². The Balaban J connectivity index is 1.57. The zero-order valence-corrected chi connectivity index (χ0v) is 21.2. The molecule has 2 aliphatic rings. The summed E-state index contributed by atoms with van der Waals surface area (Å²) in [5, 5.41) is 5.49. The zero-order valence-electron chi connectivity index (χ0n) is 21.2. The first-order valence-electron chi connectivity index (χ1n) is 12.0. The number of carbonyl (C=O) groups excluding carboxylic acids is 1. The standard InChI is InChI=1S/C26H28F3N9O/c1-3-32-20-21(35-25(36-22(20)30)38-12-10-37(2)11-13-38)23(31)33-18-8-4-6-16(14-18)24(39)34-19-9-5-7-17(15-19)26(27,28)29/h3-9,14-15,33H,1,10-13,31H2,2H3,(H,34,39)(H2,30,35,36)/b23-21-,32-20+. The number of anilines is 2. The van der Waals surface area contributed by atoms with Gasteiger partial charge in [-0.25, -0.2) is 4.99 Å². The van der Waals surface area contributed by atoms with Gasteiger partial charge in [-0.3, -0.25) is 9.79 Å². The fraction of sp³-hybridized carbons (Fsp3) is 0.231. The summed E-state index contributed by atoms with van der Waals surface area (Å²) < 4.78 is 39.1. The first kappa shape index (κ1) is 27.4. The summed E-state index contributed by atoms with van der Waals surface area (Å²) >= 11 is 0. The summed E-state index contributed by atoms with van der Waals surface area (Å²) in [5.74, 6) is 0.0587. The molecule has 0 atom stereocenters. The van der Waals surface area contributed by atoms with Gasteiger partial charge >= 0.3 is 6.18 Å². The highest BCUT2D eigenvalue weighted by Crippen LogP contribution is 2.30. The van der Waals surface area contributed by atoms with E-state index in [1.54, 1.807) is 12.1 Å². The van der Waals surface area contributed by atoms with Crippen LogP contribution in [0.15, 0.2) is 87.8 Å². The van der Waals surface area contributed by atoms with E-state index in [0.29, 0.717) is 24.7 Å². The van der Waals surface area contributed by atoms with Crippen LogP contribution in [-0.2, 0) is 6.18 Å². The number of amides is 1. The van der Waals surface area contributed by atoms with E-state index < -0.39 is 17.6 Å². The molecule has 2 aromatic carbocycles. The molecule has 2 aliphatic heterocycles. The second-order valence-corrected chi connectivity index (χ2v) is 8.86. The summed E-state index contributed by atoms with van der Waals surface area (Å²) in [5.41, 5.74) is 12.9. The van der Waals surface area contributed by atoms with Gasteiger partial charge in [-0.1, -0.05) is 18.7 Å². The Labute approximate surface area is 223 Å². The number of nitrogens with one attached hydrogen (secondary N) is 2. The molecule has 13 heteroatoms. The van der Waals surface area contributed by atoms with Crippen molar-refractivity contribution in [1.29, 1.82) is 0 Å². The number of hydrogen-bond acceptors (Lipinski definition) is 9. The number of amidine groups is 1. The average Bonchev–Trinajstić information content (AvgIpc) is 2.90. The Morgan fingerprint density at radius 3 is 2.38 bits per heavy atom. The Morgan fingerprint density at radius 1 is 1.05 bits per heavy atom. The fourth-order valence-electron chi connectivity index (χ4n) is 3.94. The molecular formula is C26H28F3N9O. The number of guanidine groups is 1. The Bertz CT molecular complexity index is 1390. The fourth-order valence-corrected chi connectivity index (χ4v) is 3.94. The molecule has 0 bridgehead atoms. The average molecular weight is 540 g/mol. The lowest BCUT2D eigenvalue weighted by molar-refractivity contribution is -0.137. The Hall–Kier alpha value is -4.65. The van der Waals surface area contributed by atoms with E-state index in [4.69, 9.17) is 11.5 Å². The van der Waals surface area contributed by atoms with E-state index in [1.165, 1.54) is 30.5 Å². The van der Waals surface area contributed by atoms with Gasteiger partial charge in [-0.15, -0.1) is 0 Å². The second kappa shape index (κ2) is 11.4. The third-order valence-electron chi connectivity index (χ3n) is 6.01. The maximum absolute atomic E-state index is 13.0. The quantitative estimate of drug-likeness (QED) is 0.461. The third-order valence-corrected chi connectivity index (χ3v) is 6.01. The number of piperazine rings is 1. The van der Waals surface area contributed by atoms with Crippen LogP contribution in [0.1, 0.15) is 15.9 Å². The minimum Gasteiger partial charge on any atom is -0.383 e. The maximum atomic E-state index is 13.0. The van der Waals surface area contributed by atoms with Crippen LogP contribution < -0.4 is 22.1 Å². The lowest BCUT2D eigenvalue weighted by Crippen LogP contribution is -2.48. The van der Waals surface area contributed by atoms with E-state index in [2.05, 4.69) is 37.1 Å². The van der Waals surface area contributed by atoms with E-state index in [9.17, 15) is 18.0 Å². The lowest BCUT2D eigenvalue weighted by atomic mass is 10.1. The van der Waals surface area contributed by atoms with Gasteiger partial charge in [0.1, 0.15) is 17.2 Å². The van der Waals surface area contributed by atoms with Crippen LogP contribution in [0.3, 0.4) is 0 Å². The van der Waals surface area contributed by atoms with Crippen molar-refractivity contribution in [2.24, 2.45) is 26.4 Å². The van der Waals surface area contributed by atoms with Crippen LogP contribution in [0, 0.1) is 0 Å². The van der Waals surface area contributed by atoms with Gasteiger partial charge in [0.15, 0.2) is 5.84 Å². The number of halogens is 3. The molecule has 0 spiro atoms. The van der Waals surface area contributed by atoms with E-state index in [1.807, 2.05) is 11.9 Å². The highest BCUT2D eigenvalue weighted by Gasteiger charge is 2.30. The molecule has 0 saturated carbocycles. The van der Waals surface area contributed by atoms with E-state index >= 15 is 0 Å². The van der Waals surface area contributed by atoms with Crippen LogP contribution >= 0.6 is 0 Å². The molecule has 10 nitrogen and oxygen atoms in total. The van der Waals surface area contributed by atoms with Crippen molar-refractivity contribution in [3.8, 4) is 0 Å². The molecule has 0 aliphatic carbocycles. The number of carbonyl (C=O) groups is 1. The van der Waals surface area contributed by atoms with Gasteiger partial charge in [0.05, 0.1) is 5.56 Å². The molecule has 2 heterocycles. The first-order valence-corrected chi connectivity index (χ1v) is 12.0. The summed E-state index contributed by atoms with van der Waals surface area (Å²) in [6.07, 6.45) is -3.22. The minimum absolute atomic E-state index is 0.0165. The molecular weight excluding hydrogens is 511 g/mol. The smallest absolute Gasteiger partial charge is 0.383 e. The van der Waals surface area contributed by atoms with Gasteiger partial charge in [0, 0.05) is 49.3 Å². The summed E-state index contributed by atoms with van der Waals surface area (Å²) in [4.78, 5) is 30.2. The highest BCUT2D eigenvalue weighted by atomic mass is 19.4. The Kier molecular flexibility index (Phi) is 8.00. The van der Waals surface area contributed by atoms with Gasteiger partial charge in [-0.2, -0.15) is 18.2 Å². The number of benzene rings is 2. The molecule has 2 aromatic rings. The SMILES string of the molecule is C=C/N=C1/C(N)=NC(N2CCN(C)CC2)=N/C1=C(/N)Nc1cccc(C(=O)Nc2cccc(C(F)(F)F)c2)c1. The second-order valence-electron chi connectivity index (χ2n) is 8.86. The van der Waals surface area contributed by atoms with Gasteiger partial charge in [-0.05, 0) is 43.4 Å². The molecule has 0 unspecified atom stereocenters. The number of nitrogens with zero attached hydrogens (tertiary/aromatic N) is 5. The summed E-state index contributed by atoms with van der Waals surface area (Å²) in [6, 6.07) is 10.7. The van der Waals surface area contributed by atoms with E-state index in [0.717, 1.165) is 25.2 Å². The molecule has 39 heavy (non-hydrogen) atoms. The van der Waals surface area contributed by atoms with Crippen LogP contribution in [0.4, 0.5) is 24.5 Å². The van der Waals surface area contributed by atoms with Crippen LogP contribution in [0.5, 0.6) is 0 Å². The number of aliphatic imine (C=N–C) groups is 3. The third kappa shape index (κ3) is 6.62. The largest absolute Gasteiger partial charge is 0.416 e. The lowest BCUT2D eigenvalue weighted by Gasteiger charge is -2.34. The minimum atomic E-state index is -4.52. The summed E-state index contributed by atoms with van der Waals surface area (Å²) in [7, 11) is 2.04. The van der Waals surface area contributed by atoms with Gasteiger partial charge < -0.3 is 31.9 Å². The first-order chi connectivity index (χ1) is 18.5. The van der Waals surface area contributed by atoms with E-state index in [-0.39, 0.29) is 34.3 Å². The number of rotatable bonds is 5. The molecule has 1 amide bonds. The van der Waals surface area contributed by atoms with Crippen LogP contribution in [0.2, 0.25) is 0 Å². The van der Waals surface area contributed by atoms with Crippen molar-refractivity contribution in [1.82, 2.24) is 9.80 Å². The normalized spacial score (nSPS) is 18.8. The van der Waals surface area contributed by atoms with Crippen molar-refractivity contribution in [3.63, 3.8) is 0 Å². The van der Waals surface area contributed by atoms with Crippen LogP contribution in [0.25, 0.3) is 0 Å². The van der Waals surface area contributed by atoms with Crippen molar-refractivity contribution in [2.75, 3.05) is 43.9 Å². The number of hydrogen-bond donors (Lipinski definition) is 4. The zero-order chi connectivity index (χ0) is 28.2. The van der Waals surface area contributed by atoms with Crippen LogP contribution in [-0.4, -0.2) is 66.4 Å². The molecule has 0 aromatic heterocycles.